The molecular weight excluding hydrogens is 394 g/mol. The van der Waals surface area contributed by atoms with E-state index >= 15 is 0 Å². The van der Waals surface area contributed by atoms with Crippen molar-refractivity contribution in [2.45, 2.75) is 26.0 Å². The summed E-state index contributed by atoms with van der Waals surface area (Å²) in [6, 6.07) is 16.2. The third-order valence-electron chi connectivity index (χ3n) is 4.03. The fourth-order valence-electron chi connectivity index (χ4n) is 2.56. The maximum Gasteiger partial charge on any atom is 0.226 e. The normalized spacial score (nSPS) is 11.5. The minimum Gasteiger partial charge on any atom is -0.486 e. The summed E-state index contributed by atoms with van der Waals surface area (Å²) in [5.74, 6) is 0.613. The van der Waals surface area contributed by atoms with Gasteiger partial charge in [0, 0.05) is 10.4 Å². The monoisotopic (exact) mass is 411 g/mol. The van der Waals surface area contributed by atoms with Gasteiger partial charge in [0.25, 0.3) is 0 Å². The van der Waals surface area contributed by atoms with Crippen LogP contribution in [0.4, 0.5) is 0 Å². The second-order valence-electron chi connectivity index (χ2n) is 6.17. The number of aromatic nitrogens is 1. The Morgan fingerprint density at radius 3 is 2.64 bits per heavy atom. The van der Waals surface area contributed by atoms with Crippen LogP contribution in [-0.2, 0) is 17.8 Å². The minimum absolute atomic E-state index is 0.104. The number of rotatable bonds is 7. The van der Waals surface area contributed by atoms with Crippen LogP contribution in [0.25, 0.3) is 0 Å². The maximum absolute atomic E-state index is 12.3. The van der Waals surface area contributed by atoms with Gasteiger partial charge in [-0.1, -0.05) is 23.7 Å². The summed E-state index contributed by atoms with van der Waals surface area (Å²) in [5, 5.41) is 15.1. The highest BCUT2D eigenvalue weighted by Gasteiger charge is 2.12. The van der Waals surface area contributed by atoms with Gasteiger partial charge < -0.3 is 10.1 Å². The zero-order valence-electron chi connectivity index (χ0n) is 15.2. The van der Waals surface area contributed by atoms with Gasteiger partial charge in [-0.05, 0) is 48.9 Å². The lowest BCUT2D eigenvalue weighted by atomic mass is 10.1. The number of nitriles is 1. The summed E-state index contributed by atoms with van der Waals surface area (Å²) in [6.07, 6.45) is 0.206. The van der Waals surface area contributed by atoms with E-state index in [4.69, 9.17) is 21.6 Å². The van der Waals surface area contributed by atoms with Gasteiger partial charge in [0.15, 0.2) is 0 Å². The number of carbonyl (C=O) groups excluding carboxylic acids is 1. The van der Waals surface area contributed by atoms with E-state index < -0.39 is 0 Å². The number of amides is 1. The van der Waals surface area contributed by atoms with Crippen molar-refractivity contribution in [3.8, 4) is 11.8 Å². The van der Waals surface area contributed by atoms with E-state index in [1.165, 1.54) is 11.3 Å². The summed E-state index contributed by atoms with van der Waals surface area (Å²) in [6.45, 7) is 2.25. The largest absolute Gasteiger partial charge is 0.486 e. The Morgan fingerprint density at radius 2 is 1.96 bits per heavy atom. The van der Waals surface area contributed by atoms with Crippen LogP contribution in [0.3, 0.4) is 0 Å². The number of halogens is 1. The SMILES string of the molecule is CC(NC(=O)Cc1csc(COc2ccc(Cl)cc2)n1)c1ccc(C#N)cc1. The Balaban J connectivity index is 1.50. The molecule has 1 aromatic heterocycles. The molecule has 1 heterocycles. The van der Waals surface area contributed by atoms with Crippen LogP contribution >= 0.6 is 22.9 Å². The highest BCUT2D eigenvalue weighted by Crippen LogP contribution is 2.19. The van der Waals surface area contributed by atoms with Crippen molar-refractivity contribution in [1.82, 2.24) is 10.3 Å². The Hall–Kier alpha value is -2.88. The number of nitrogens with zero attached hydrogens (tertiary/aromatic N) is 2. The van der Waals surface area contributed by atoms with Crippen molar-refractivity contribution in [2.75, 3.05) is 0 Å². The molecular formula is C21H18ClN3O2S. The van der Waals surface area contributed by atoms with Crippen LogP contribution in [0, 0.1) is 11.3 Å². The van der Waals surface area contributed by atoms with Gasteiger partial charge in [0.1, 0.15) is 17.4 Å². The molecule has 0 aliphatic heterocycles. The molecule has 0 saturated carbocycles. The molecule has 0 bridgehead atoms. The Bertz CT molecular complexity index is 978. The highest BCUT2D eigenvalue weighted by molar-refractivity contribution is 7.09. The number of benzene rings is 2. The molecule has 0 aliphatic carbocycles. The zero-order valence-corrected chi connectivity index (χ0v) is 16.8. The Kier molecular flexibility index (Phi) is 6.64. The smallest absolute Gasteiger partial charge is 0.226 e. The average molecular weight is 412 g/mol. The lowest BCUT2D eigenvalue weighted by Gasteiger charge is -2.14. The standard InChI is InChI=1S/C21H18ClN3O2S/c1-14(16-4-2-15(11-23)3-5-16)24-20(26)10-18-13-28-21(25-18)12-27-19-8-6-17(22)7-9-19/h2-9,13-14H,10,12H2,1H3,(H,24,26). The molecule has 3 aromatic rings. The van der Waals surface area contributed by atoms with Crippen molar-refractivity contribution in [2.24, 2.45) is 0 Å². The topological polar surface area (TPSA) is 75.0 Å². The van der Waals surface area contributed by atoms with Gasteiger partial charge in [-0.3, -0.25) is 4.79 Å². The molecule has 142 valence electrons. The first-order valence-electron chi connectivity index (χ1n) is 8.64. The number of ether oxygens (including phenoxy) is 1. The molecule has 7 heteroatoms. The van der Waals surface area contributed by atoms with Gasteiger partial charge in [-0.25, -0.2) is 4.98 Å². The maximum atomic E-state index is 12.3. The van der Waals surface area contributed by atoms with Crippen molar-refractivity contribution in [3.63, 3.8) is 0 Å². The van der Waals surface area contributed by atoms with Gasteiger partial charge in [-0.2, -0.15) is 5.26 Å². The molecule has 5 nitrogen and oxygen atoms in total. The number of hydrogen-bond acceptors (Lipinski definition) is 5. The average Bonchev–Trinajstić information content (AvgIpc) is 3.14. The number of hydrogen-bond donors (Lipinski definition) is 1. The van der Waals surface area contributed by atoms with E-state index in [-0.39, 0.29) is 18.4 Å². The van der Waals surface area contributed by atoms with Crippen LogP contribution in [0.5, 0.6) is 5.75 Å². The predicted octanol–water partition coefficient (Wildman–Crippen LogP) is 4.67. The molecule has 3 rings (SSSR count). The first-order chi connectivity index (χ1) is 13.5. The fourth-order valence-corrected chi connectivity index (χ4v) is 3.39. The number of carbonyl (C=O) groups is 1. The van der Waals surface area contributed by atoms with Gasteiger partial charge in [-0.15, -0.1) is 11.3 Å². The lowest BCUT2D eigenvalue weighted by Crippen LogP contribution is -2.28. The third-order valence-corrected chi connectivity index (χ3v) is 5.16. The minimum atomic E-state index is -0.147. The van der Waals surface area contributed by atoms with E-state index in [0.29, 0.717) is 22.9 Å². The lowest BCUT2D eigenvalue weighted by molar-refractivity contribution is -0.121. The van der Waals surface area contributed by atoms with Crippen LogP contribution in [-0.4, -0.2) is 10.9 Å². The molecule has 0 fully saturated rings. The van der Waals surface area contributed by atoms with Gasteiger partial charge >= 0.3 is 0 Å². The molecule has 0 spiro atoms. The second kappa shape index (κ2) is 9.36. The predicted molar refractivity (Wildman–Crippen MR) is 109 cm³/mol. The molecule has 1 unspecified atom stereocenters. The van der Waals surface area contributed by atoms with E-state index in [1.54, 1.807) is 36.4 Å². The van der Waals surface area contributed by atoms with Crippen molar-refractivity contribution >= 4 is 28.8 Å². The fraction of sp³-hybridized carbons (Fsp3) is 0.190. The summed E-state index contributed by atoms with van der Waals surface area (Å²) < 4.78 is 5.67. The molecule has 1 atom stereocenters. The van der Waals surface area contributed by atoms with Crippen LogP contribution in [0.15, 0.2) is 53.9 Å². The summed E-state index contributed by atoms with van der Waals surface area (Å²) in [4.78, 5) is 16.8. The van der Waals surface area contributed by atoms with Crippen molar-refractivity contribution < 1.29 is 9.53 Å². The van der Waals surface area contributed by atoms with Crippen LogP contribution in [0.2, 0.25) is 5.02 Å². The zero-order chi connectivity index (χ0) is 19.9. The molecule has 1 N–H and O–H groups in total. The first-order valence-corrected chi connectivity index (χ1v) is 9.90. The van der Waals surface area contributed by atoms with E-state index in [9.17, 15) is 4.79 Å². The molecule has 28 heavy (non-hydrogen) atoms. The molecule has 2 aromatic carbocycles. The quantitative estimate of drug-likeness (QED) is 0.613. The van der Waals surface area contributed by atoms with E-state index in [1.807, 2.05) is 24.4 Å². The molecule has 0 radical (unpaired) electrons. The Morgan fingerprint density at radius 1 is 1.25 bits per heavy atom. The number of nitrogens with one attached hydrogen (secondary N) is 1. The van der Waals surface area contributed by atoms with Crippen molar-refractivity contribution in [1.29, 1.82) is 5.26 Å². The van der Waals surface area contributed by atoms with Gasteiger partial charge in [0.05, 0.1) is 29.8 Å². The third kappa shape index (κ3) is 5.56. The van der Waals surface area contributed by atoms with E-state index in [2.05, 4.69) is 16.4 Å². The summed E-state index contributed by atoms with van der Waals surface area (Å²) in [5.41, 5.74) is 2.25. The second-order valence-corrected chi connectivity index (χ2v) is 7.55. The van der Waals surface area contributed by atoms with Crippen molar-refractivity contribution in [3.05, 3.63) is 80.8 Å². The summed E-state index contributed by atoms with van der Waals surface area (Å²) in [7, 11) is 0. The molecule has 0 aliphatic rings. The van der Waals surface area contributed by atoms with Crippen LogP contribution < -0.4 is 10.1 Å². The molecule has 0 saturated heterocycles. The number of thiazole rings is 1. The summed E-state index contributed by atoms with van der Waals surface area (Å²) >= 11 is 7.31. The van der Waals surface area contributed by atoms with Crippen LogP contribution in [0.1, 0.15) is 34.8 Å². The molecule has 1 amide bonds. The van der Waals surface area contributed by atoms with Gasteiger partial charge in [0.2, 0.25) is 5.91 Å². The van der Waals surface area contributed by atoms with E-state index in [0.717, 1.165) is 16.3 Å². The first kappa shape index (κ1) is 19.9. The Labute approximate surface area is 172 Å². The highest BCUT2D eigenvalue weighted by atomic mass is 35.5.